The normalized spacial score (nSPS) is 17.1. The molecule has 0 radical (unpaired) electrons. The van der Waals surface area contributed by atoms with E-state index in [2.05, 4.69) is 15.7 Å². The lowest BCUT2D eigenvalue weighted by Crippen LogP contribution is -2.47. The van der Waals surface area contributed by atoms with Crippen LogP contribution in [-0.4, -0.2) is 39.5 Å². The number of carbonyl (C=O) groups is 3. The number of hydrogen-bond donors (Lipinski definition) is 2. The van der Waals surface area contributed by atoms with Crippen LogP contribution in [0.3, 0.4) is 0 Å². The zero-order valence-corrected chi connectivity index (χ0v) is 20.3. The quantitative estimate of drug-likeness (QED) is 0.409. The Morgan fingerprint density at radius 3 is 2.46 bits per heavy atom. The maximum Gasteiger partial charge on any atom is 0.344 e. The van der Waals surface area contributed by atoms with E-state index in [1.807, 2.05) is 6.07 Å². The summed E-state index contributed by atoms with van der Waals surface area (Å²) in [6.07, 6.45) is 0. The number of aromatic nitrogens is 2. The van der Waals surface area contributed by atoms with Crippen molar-refractivity contribution in [1.29, 1.82) is 0 Å². The van der Waals surface area contributed by atoms with E-state index < -0.39 is 23.4 Å². The second kappa shape index (κ2) is 8.90. The van der Waals surface area contributed by atoms with Crippen LogP contribution in [0, 0.1) is 6.92 Å². The largest absolute Gasteiger partial charge is 0.497 e. The Hall–Kier alpha value is -4.99. The van der Waals surface area contributed by atoms with Crippen molar-refractivity contribution < 1.29 is 19.1 Å². The molecule has 10 heteroatoms. The highest BCUT2D eigenvalue weighted by atomic mass is 16.5. The van der Waals surface area contributed by atoms with Crippen LogP contribution >= 0.6 is 0 Å². The number of aryl methyl sites for hydroxylation is 1. The monoisotopic (exact) mass is 497 g/mol. The zero-order valence-electron chi connectivity index (χ0n) is 20.3. The highest BCUT2D eigenvalue weighted by Gasteiger charge is 2.50. The van der Waals surface area contributed by atoms with Crippen LogP contribution in [0.15, 0.2) is 77.6 Å². The fraction of sp³-hybridized carbons (Fsp3) is 0.148. The van der Waals surface area contributed by atoms with Crippen LogP contribution in [0.4, 0.5) is 4.79 Å². The van der Waals surface area contributed by atoms with E-state index in [-0.39, 0.29) is 11.1 Å². The second-order valence-corrected chi connectivity index (χ2v) is 8.73. The van der Waals surface area contributed by atoms with E-state index in [4.69, 9.17) is 4.74 Å². The molecule has 37 heavy (non-hydrogen) atoms. The number of rotatable bonds is 5. The van der Waals surface area contributed by atoms with E-state index in [1.54, 1.807) is 68.4 Å². The molecule has 4 aromatic rings. The number of para-hydroxylation sites is 1. The van der Waals surface area contributed by atoms with Crippen molar-refractivity contribution in [2.24, 2.45) is 0 Å². The molecule has 1 saturated heterocycles. The van der Waals surface area contributed by atoms with Gasteiger partial charge in [-0.3, -0.25) is 24.4 Å². The molecule has 186 valence electrons. The number of imide groups is 1. The van der Waals surface area contributed by atoms with Gasteiger partial charge in [-0.05, 0) is 67.9 Å². The van der Waals surface area contributed by atoms with Crippen molar-refractivity contribution in [2.75, 3.05) is 7.11 Å². The van der Waals surface area contributed by atoms with Crippen molar-refractivity contribution in [3.05, 3.63) is 100 Å². The van der Waals surface area contributed by atoms with Crippen LogP contribution < -0.4 is 21.0 Å². The molecular formula is C27H23N5O5. The lowest BCUT2D eigenvalue weighted by molar-refractivity contribution is -0.132. The lowest BCUT2D eigenvalue weighted by Gasteiger charge is -2.22. The average molecular weight is 498 g/mol. The van der Waals surface area contributed by atoms with Gasteiger partial charge in [0.1, 0.15) is 17.1 Å². The Bertz CT molecular complexity index is 1630. The summed E-state index contributed by atoms with van der Waals surface area (Å²) in [4.78, 5) is 56.2. The third kappa shape index (κ3) is 3.98. The zero-order chi connectivity index (χ0) is 26.3. The van der Waals surface area contributed by atoms with Gasteiger partial charge in [-0.1, -0.05) is 24.3 Å². The highest BCUT2D eigenvalue weighted by molar-refractivity contribution is 6.09. The third-order valence-electron chi connectivity index (χ3n) is 6.38. The fourth-order valence-electron chi connectivity index (χ4n) is 4.35. The summed E-state index contributed by atoms with van der Waals surface area (Å²) in [6.45, 7) is 3.28. The fourth-order valence-corrected chi connectivity index (χ4v) is 4.35. The molecule has 1 unspecified atom stereocenters. The van der Waals surface area contributed by atoms with Gasteiger partial charge in [-0.25, -0.2) is 9.78 Å². The predicted octanol–water partition coefficient (Wildman–Crippen LogP) is 2.81. The van der Waals surface area contributed by atoms with Crippen LogP contribution in [-0.2, 0) is 10.3 Å². The van der Waals surface area contributed by atoms with E-state index in [0.717, 1.165) is 0 Å². The number of hydrogen-bond acceptors (Lipinski definition) is 6. The third-order valence-corrected chi connectivity index (χ3v) is 6.38. The van der Waals surface area contributed by atoms with Gasteiger partial charge in [0, 0.05) is 5.56 Å². The van der Waals surface area contributed by atoms with Gasteiger partial charge in [0.25, 0.3) is 17.4 Å². The van der Waals surface area contributed by atoms with E-state index >= 15 is 0 Å². The van der Waals surface area contributed by atoms with Crippen molar-refractivity contribution in [3.63, 3.8) is 0 Å². The van der Waals surface area contributed by atoms with Gasteiger partial charge in [-0.2, -0.15) is 5.01 Å². The molecule has 0 bridgehead atoms. The van der Waals surface area contributed by atoms with Gasteiger partial charge in [-0.15, -0.1) is 0 Å². The topological polar surface area (TPSA) is 123 Å². The molecule has 3 aromatic carbocycles. The number of carbonyl (C=O) groups excluding carboxylic acids is 3. The minimum Gasteiger partial charge on any atom is -0.497 e. The first kappa shape index (κ1) is 23.7. The number of benzene rings is 3. The molecule has 0 aliphatic carbocycles. The summed E-state index contributed by atoms with van der Waals surface area (Å²) < 4.78 is 6.67. The molecule has 1 atom stereocenters. The number of nitrogens with one attached hydrogen (secondary N) is 2. The Morgan fingerprint density at radius 2 is 1.73 bits per heavy atom. The van der Waals surface area contributed by atoms with E-state index in [9.17, 15) is 19.2 Å². The molecule has 0 spiro atoms. The van der Waals surface area contributed by atoms with Crippen molar-refractivity contribution in [3.8, 4) is 11.4 Å². The molecule has 1 fully saturated rings. The average Bonchev–Trinajstić information content (AvgIpc) is 3.12. The molecule has 0 saturated carbocycles. The lowest BCUT2D eigenvalue weighted by atomic mass is 9.92. The maximum absolute atomic E-state index is 13.2. The molecule has 2 heterocycles. The number of ether oxygens (including phenoxy) is 1. The Labute approximate surface area is 211 Å². The Morgan fingerprint density at radius 1 is 1.00 bits per heavy atom. The molecule has 1 aromatic heterocycles. The standard InChI is InChI=1S/C27H23N5O5/c1-16-28-22-10-5-4-9-21(22)24(34)31(16)19-13-11-17(12-14-19)23(33)30-32-25(35)27(2,29-26(32)36)18-7-6-8-20(15-18)37-3/h4-15H,1-3H3,(H,29,36)(H,30,33). The van der Waals surface area contributed by atoms with Gasteiger partial charge in [0.15, 0.2) is 0 Å². The number of fused-ring (bicyclic) bond motifs is 1. The van der Waals surface area contributed by atoms with Gasteiger partial charge in [0.05, 0.1) is 23.7 Å². The summed E-state index contributed by atoms with van der Waals surface area (Å²) in [5.41, 5.74) is 2.60. The van der Waals surface area contributed by atoms with Crippen molar-refractivity contribution >= 4 is 28.7 Å². The van der Waals surface area contributed by atoms with E-state index in [1.165, 1.54) is 23.8 Å². The number of hydrazine groups is 1. The second-order valence-electron chi connectivity index (χ2n) is 8.73. The number of amides is 4. The molecule has 5 rings (SSSR count). The summed E-state index contributed by atoms with van der Waals surface area (Å²) in [5, 5.41) is 3.78. The van der Waals surface area contributed by atoms with Gasteiger partial charge < -0.3 is 10.1 Å². The summed E-state index contributed by atoms with van der Waals surface area (Å²) in [6, 6.07) is 19.3. The van der Waals surface area contributed by atoms with E-state index in [0.29, 0.717) is 38.7 Å². The van der Waals surface area contributed by atoms with Crippen LogP contribution in [0.5, 0.6) is 5.75 Å². The predicted molar refractivity (Wildman–Crippen MR) is 135 cm³/mol. The van der Waals surface area contributed by atoms with Crippen molar-refractivity contribution in [1.82, 2.24) is 25.3 Å². The van der Waals surface area contributed by atoms with Gasteiger partial charge >= 0.3 is 6.03 Å². The minimum atomic E-state index is -1.38. The van der Waals surface area contributed by atoms with Crippen LogP contribution in [0.1, 0.15) is 28.7 Å². The summed E-state index contributed by atoms with van der Waals surface area (Å²) in [7, 11) is 1.50. The number of nitrogens with zero attached hydrogens (tertiary/aromatic N) is 3. The van der Waals surface area contributed by atoms with Crippen LogP contribution in [0.25, 0.3) is 16.6 Å². The molecular weight excluding hydrogens is 474 g/mol. The van der Waals surface area contributed by atoms with Crippen LogP contribution in [0.2, 0.25) is 0 Å². The summed E-state index contributed by atoms with van der Waals surface area (Å²) >= 11 is 0. The maximum atomic E-state index is 13.2. The smallest absolute Gasteiger partial charge is 0.344 e. The first-order chi connectivity index (χ1) is 17.7. The first-order valence-electron chi connectivity index (χ1n) is 11.4. The molecule has 10 nitrogen and oxygen atoms in total. The van der Waals surface area contributed by atoms with Gasteiger partial charge in [0.2, 0.25) is 0 Å². The first-order valence-corrected chi connectivity index (χ1v) is 11.4. The SMILES string of the molecule is COc1cccc(C2(C)NC(=O)N(NC(=O)c3ccc(-n4c(C)nc5ccccc5c4=O)cc3)C2=O)c1. The Balaban J connectivity index is 1.38. The molecule has 1 aliphatic rings. The number of urea groups is 1. The molecule has 1 aliphatic heterocycles. The van der Waals surface area contributed by atoms with Crippen molar-refractivity contribution in [2.45, 2.75) is 19.4 Å². The minimum absolute atomic E-state index is 0.193. The highest BCUT2D eigenvalue weighted by Crippen LogP contribution is 2.30. The number of methoxy groups -OCH3 is 1. The Kier molecular flexibility index (Phi) is 5.71. The molecule has 4 amide bonds. The summed E-state index contributed by atoms with van der Waals surface area (Å²) in [5.74, 6) is -0.276. The molecule has 2 N–H and O–H groups in total.